The number of aliphatic hydroxyl groups excluding tert-OH is 1. The molecule has 0 radical (unpaired) electrons. The van der Waals surface area contributed by atoms with Crippen molar-refractivity contribution in [2.24, 2.45) is 11.8 Å². The second-order valence-electron chi connectivity index (χ2n) is 5.34. The molecule has 0 spiro atoms. The fraction of sp³-hybridized carbons (Fsp3) is 0.600. The summed E-state index contributed by atoms with van der Waals surface area (Å²) in [5.74, 6) is 1.45. The van der Waals surface area contributed by atoms with Crippen LogP contribution >= 0.6 is 11.8 Å². The van der Waals surface area contributed by atoms with E-state index in [0.717, 1.165) is 18.8 Å². The van der Waals surface area contributed by atoms with E-state index in [1.165, 1.54) is 11.3 Å². The van der Waals surface area contributed by atoms with E-state index >= 15 is 0 Å². The predicted molar refractivity (Wildman–Crippen MR) is 74.3 cm³/mol. The third-order valence-electron chi connectivity index (χ3n) is 3.70. The fourth-order valence-electron chi connectivity index (χ4n) is 2.70. The number of hydrogen-bond donors (Lipinski definition) is 1. The lowest BCUT2D eigenvalue weighted by Gasteiger charge is -2.36. The van der Waals surface area contributed by atoms with E-state index in [-0.39, 0.29) is 6.10 Å². The van der Waals surface area contributed by atoms with Crippen LogP contribution in [0.4, 0.5) is 0 Å². The molecule has 0 unspecified atom stereocenters. The van der Waals surface area contributed by atoms with Gasteiger partial charge in [-0.25, -0.2) is 0 Å². The van der Waals surface area contributed by atoms with E-state index in [1.807, 2.05) is 11.8 Å². The van der Waals surface area contributed by atoms with Crippen molar-refractivity contribution in [2.75, 3.05) is 0 Å². The SMILES string of the molecule is CC(C)[C@@H]1CC[C@@H](O)C[C@H]1Sc1ccccc1. The highest BCUT2D eigenvalue weighted by molar-refractivity contribution is 8.00. The molecule has 1 aliphatic carbocycles. The first-order valence-electron chi connectivity index (χ1n) is 6.56. The molecule has 1 aromatic carbocycles. The van der Waals surface area contributed by atoms with Crippen molar-refractivity contribution in [1.82, 2.24) is 0 Å². The molecule has 17 heavy (non-hydrogen) atoms. The number of rotatable bonds is 3. The van der Waals surface area contributed by atoms with Crippen molar-refractivity contribution in [2.45, 2.75) is 49.4 Å². The van der Waals surface area contributed by atoms with Crippen LogP contribution in [0.1, 0.15) is 33.1 Å². The summed E-state index contributed by atoms with van der Waals surface area (Å²) in [5, 5.41) is 10.4. The third-order valence-corrected chi connectivity index (χ3v) is 5.09. The van der Waals surface area contributed by atoms with Gasteiger partial charge in [-0.3, -0.25) is 0 Å². The Labute approximate surface area is 109 Å². The van der Waals surface area contributed by atoms with E-state index in [0.29, 0.717) is 11.2 Å². The minimum absolute atomic E-state index is 0.0915. The van der Waals surface area contributed by atoms with Crippen molar-refractivity contribution in [3.63, 3.8) is 0 Å². The Morgan fingerprint density at radius 1 is 1.18 bits per heavy atom. The summed E-state index contributed by atoms with van der Waals surface area (Å²) in [6.07, 6.45) is 3.01. The second kappa shape index (κ2) is 5.92. The fourth-order valence-corrected chi connectivity index (χ4v) is 4.31. The van der Waals surface area contributed by atoms with Gasteiger partial charge in [0.2, 0.25) is 0 Å². The second-order valence-corrected chi connectivity index (χ2v) is 6.66. The Hall–Kier alpha value is -0.470. The molecule has 2 rings (SSSR count). The van der Waals surface area contributed by atoms with Gasteiger partial charge in [0.05, 0.1) is 6.10 Å². The van der Waals surface area contributed by atoms with E-state index in [4.69, 9.17) is 0 Å². The van der Waals surface area contributed by atoms with Gasteiger partial charge in [0.15, 0.2) is 0 Å². The topological polar surface area (TPSA) is 20.2 Å². The molecule has 2 heteroatoms. The van der Waals surface area contributed by atoms with Crippen molar-refractivity contribution in [3.8, 4) is 0 Å². The lowest BCUT2D eigenvalue weighted by atomic mass is 9.80. The summed E-state index contributed by atoms with van der Waals surface area (Å²) in [7, 11) is 0. The molecule has 0 aliphatic heterocycles. The van der Waals surface area contributed by atoms with Gasteiger partial charge in [-0.15, -0.1) is 11.8 Å². The van der Waals surface area contributed by atoms with Crippen LogP contribution in [0.15, 0.2) is 35.2 Å². The van der Waals surface area contributed by atoms with Crippen molar-refractivity contribution in [1.29, 1.82) is 0 Å². The molecule has 94 valence electrons. The van der Waals surface area contributed by atoms with E-state index in [9.17, 15) is 5.11 Å². The van der Waals surface area contributed by atoms with E-state index in [1.54, 1.807) is 0 Å². The van der Waals surface area contributed by atoms with Gasteiger partial charge in [0.25, 0.3) is 0 Å². The van der Waals surface area contributed by atoms with Crippen molar-refractivity contribution >= 4 is 11.8 Å². The van der Waals surface area contributed by atoms with Gasteiger partial charge >= 0.3 is 0 Å². The zero-order chi connectivity index (χ0) is 12.3. The summed E-state index contributed by atoms with van der Waals surface area (Å²) in [5.41, 5.74) is 0. The van der Waals surface area contributed by atoms with Crippen LogP contribution in [0.25, 0.3) is 0 Å². The first-order valence-corrected chi connectivity index (χ1v) is 7.44. The Balaban J connectivity index is 2.05. The van der Waals surface area contributed by atoms with Crippen LogP contribution in [0, 0.1) is 11.8 Å². The monoisotopic (exact) mass is 250 g/mol. The molecular formula is C15H22OS. The minimum Gasteiger partial charge on any atom is -0.393 e. The predicted octanol–water partition coefficient (Wildman–Crippen LogP) is 3.96. The van der Waals surface area contributed by atoms with Gasteiger partial charge in [-0.1, -0.05) is 32.0 Å². The molecule has 1 saturated carbocycles. The Bertz CT molecular complexity index is 336. The molecule has 0 aromatic heterocycles. The number of benzene rings is 1. The third kappa shape index (κ3) is 3.49. The lowest BCUT2D eigenvalue weighted by Crippen LogP contribution is -2.32. The maximum Gasteiger partial charge on any atom is 0.0551 e. The van der Waals surface area contributed by atoms with Crippen molar-refractivity contribution < 1.29 is 5.11 Å². The number of thioether (sulfide) groups is 1. The largest absolute Gasteiger partial charge is 0.393 e. The number of aliphatic hydroxyl groups is 1. The molecule has 1 aliphatic rings. The van der Waals surface area contributed by atoms with Crippen LogP contribution in [-0.2, 0) is 0 Å². The highest BCUT2D eigenvalue weighted by atomic mass is 32.2. The van der Waals surface area contributed by atoms with Crippen LogP contribution < -0.4 is 0 Å². The first kappa shape index (κ1) is 13.0. The highest BCUT2D eigenvalue weighted by Crippen LogP contribution is 2.40. The molecule has 0 saturated heterocycles. The van der Waals surface area contributed by atoms with Crippen LogP contribution in [0.2, 0.25) is 0 Å². The summed E-state index contributed by atoms with van der Waals surface area (Å²) >= 11 is 1.94. The normalized spacial score (nSPS) is 29.5. The summed E-state index contributed by atoms with van der Waals surface area (Å²) in [6.45, 7) is 4.61. The summed E-state index contributed by atoms with van der Waals surface area (Å²) < 4.78 is 0. The average Bonchev–Trinajstić information content (AvgIpc) is 2.30. The van der Waals surface area contributed by atoms with Gasteiger partial charge in [0.1, 0.15) is 0 Å². The highest BCUT2D eigenvalue weighted by Gasteiger charge is 2.32. The summed E-state index contributed by atoms with van der Waals surface area (Å²) in [4.78, 5) is 1.33. The van der Waals surface area contributed by atoms with Crippen molar-refractivity contribution in [3.05, 3.63) is 30.3 Å². The average molecular weight is 250 g/mol. The van der Waals surface area contributed by atoms with E-state index in [2.05, 4.69) is 44.2 Å². The molecule has 1 N–H and O–H groups in total. The zero-order valence-corrected chi connectivity index (χ0v) is 11.5. The molecule has 1 aromatic rings. The smallest absolute Gasteiger partial charge is 0.0551 e. The standard InChI is InChI=1S/C15H22OS/c1-11(2)14-9-8-12(16)10-15(14)17-13-6-4-3-5-7-13/h3-7,11-12,14-16H,8-10H2,1-2H3/t12-,14+,15-/m1/s1. The first-order chi connectivity index (χ1) is 8.16. The van der Waals surface area contributed by atoms with Gasteiger partial charge in [-0.05, 0) is 43.2 Å². The van der Waals surface area contributed by atoms with Gasteiger partial charge < -0.3 is 5.11 Å². The zero-order valence-electron chi connectivity index (χ0n) is 10.7. The van der Waals surface area contributed by atoms with Crippen LogP contribution in [-0.4, -0.2) is 16.5 Å². The quantitative estimate of drug-likeness (QED) is 0.876. The molecule has 1 nitrogen and oxygen atoms in total. The molecular weight excluding hydrogens is 228 g/mol. The van der Waals surface area contributed by atoms with Crippen LogP contribution in [0.3, 0.4) is 0 Å². The van der Waals surface area contributed by atoms with E-state index < -0.39 is 0 Å². The minimum atomic E-state index is -0.0915. The molecule has 1 fully saturated rings. The molecule has 3 atom stereocenters. The number of hydrogen-bond acceptors (Lipinski definition) is 2. The molecule has 0 amide bonds. The Kier molecular flexibility index (Phi) is 4.52. The van der Waals surface area contributed by atoms with Gasteiger partial charge in [0, 0.05) is 10.1 Å². The Morgan fingerprint density at radius 3 is 2.53 bits per heavy atom. The summed E-state index contributed by atoms with van der Waals surface area (Å²) in [6, 6.07) is 10.6. The Morgan fingerprint density at radius 2 is 1.88 bits per heavy atom. The molecule has 0 bridgehead atoms. The van der Waals surface area contributed by atoms with Gasteiger partial charge in [-0.2, -0.15) is 0 Å². The lowest BCUT2D eigenvalue weighted by molar-refractivity contribution is 0.101. The maximum absolute atomic E-state index is 9.84. The maximum atomic E-state index is 9.84. The molecule has 0 heterocycles. The van der Waals surface area contributed by atoms with Crippen LogP contribution in [0.5, 0.6) is 0 Å².